The van der Waals surface area contributed by atoms with Crippen LogP contribution in [0.5, 0.6) is 0 Å². The summed E-state index contributed by atoms with van der Waals surface area (Å²) in [6.07, 6.45) is 6.42. The Morgan fingerprint density at radius 3 is 2.62 bits per heavy atom. The van der Waals surface area contributed by atoms with Gasteiger partial charge in [-0.1, -0.05) is 17.7 Å². The van der Waals surface area contributed by atoms with Gasteiger partial charge in [0, 0.05) is 5.02 Å². The summed E-state index contributed by atoms with van der Waals surface area (Å²) in [7, 11) is 1.63. The summed E-state index contributed by atoms with van der Waals surface area (Å²) in [5.74, 6) is -0.348. The van der Waals surface area contributed by atoms with E-state index in [2.05, 4.69) is 0 Å². The van der Waals surface area contributed by atoms with Crippen LogP contribution in [0.15, 0.2) is 30.5 Å². The van der Waals surface area contributed by atoms with E-state index in [9.17, 15) is 4.79 Å². The third-order valence-corrected chi connectivity index (χ3v) is 3.09. The molecule has 4 heteroatoms. The number of esters is 1. The maximum atomic E-state index is 12.0. The molecular formula is C17H23ClO3. The van der Waals surface area contributed by atoms with Crippen molar-refractivity contribution >= 4 is 17.6 Å². The second kappa shape index (κ2) is 8.08. The van der Waals surface area contributed by atoms with E-state index in [4.69, 9.17) is 21.1 Å². The highest BCUT2D eigenvalue weighted by Crippen LogP contribution is 2.21. The molecule has 1 aromatic rings. The zero-order chi connectivity index (χ0) is 15.9. The summed E-state index contributed by atoms with van der Waals surface area (Å²) in [4.78, 5) is 12.0. The van der Waals surface area contributed by atoms with Crippen LogP contribution in [0.3, 0.4) is 0 Å². The number of aryl methyl sites for hydroxylation is 1. The molecule has 0 radical (unpaired) electrons. The minimum Gasteiger partial charge on any atom is -0.505 e. The van der Waals surface area contributed by atoms with Gasteiger partial charge in [-0.05, 0) is 63.8 Å². The summed E-state index contributed by atoms with van der Waals surface area (Å²) in [5.41, 5.74) is 1.02. The van der Waals surface area contributed by atoms with Crippen LogP contribution in [0.4, 0.5) is 0 Å². The number of allylic oxidation sites excluding steroid dienone is 1. The normalized spacial score (nSPS) is 11.7. The van der Waals surface area contributed by atoms with Crippen molar-refractivity contribution in [2.24, 2.45) is 0 Å². The molecular weight excluding hydrogens is 288 g/mol. The van der Waals surface area contributed by atoms with Gasteiger partial charge in [-0.3, -0.25) is 0 Å². The molecule has 0 aromatic heterocycles. The SMILES string of the molecule is COC=CCCCc1ccc(C(=O)OC(C)(C)C)cc1Cl. The average Bonchev–Trinajstić information content (AvgIpc) is 2.38. The number of benzene rings is 1. The number of hydrogen-bond donors (Lipinski definition) is 0. The first-order valence-electron chi connectivity index (χ1n) is 7.03. The van der Waals surface area contributed by atoms with Crippen LogP contribution in [0.1, 0.15) is 49.5 Å². The fraction of sp³-hybridized carbons (Fsp3) is 0.471. The number of methoxy groups -OCH3 is 1. The number of halogens is 1. The summed E-state index contributed by atoms with van der Waals surface area (Å²) >= 11 is 6.23. The first kappa shape index (κ1) is 17.6. The molecule has 0 N–H and O–H groups in total. The lowest BCUT2D eigenvalue weighted by Crippen LogP contribution is -2.23. The lowest BCUT2D eigenvalue weighted by Gasteiger charge is -2.19. The second-order valence-electron chi connectivity index (χ2n) is 5.81. The van der Waals surface area contributed by atoms with Crippen molar-refractivity contribution in [2.75, 3.05) is 7.11 Å². The van der Waals surface area contributed by atoms with E-state index in [0.717, 1.165) is 24.8 Å². The van der Waals surface area contributed by atoms with E-state index < -0.39 is 5.60 Å². The van der Waals surface area contributed by atoms with Crippen molar-refractivity contribution in [2.45, 2.75) is 45.6 Å². The lowest BCUT2D eigenvalue weighted by molar-refractivity contribution is 0.00695. The predicted molar refractivity (Wildman–Crippen MR) is 85.7 cm³/mol. The molecule has 1 rings (SSSR count). The van der Waals surface area contributed by atoms with E-state index in [0.29, 0.717) is 10.6 Å². The molecule has 21 heavy (non-hydrogen) atoms. The molecule has 0 fully saturated rings. The largest absolute Gasteiger partial charge is 0.505 e. The summed E-state index contributed by atoms with van der Waals surface area (Å²) < 4.78 is 10.2. The van der Waals surface area contributed by atoms with E-state index in [1.807, 2.05) is 32.9 Å². The summed E-state index contributed by atoms with van der Waals surface area (Å²) in [6, 6.07) is 5.33. The topological polar surface area (TPSA) is 35.5 Å². The van der Waals surface area contributed by atoms with Gasteiger partial charge in [0.25, 0.3) is 0 Å². The predicted octanol–water partition coefficient (Wildman–Crippen LogP) is 4.78. The molecule has 0 unspecified atom stereocenters. The molecule has 0 saturated heterocycles. The van der Waals surface area contributed by atoms with Crippen molar-refractivity contribution in [1.29, 1.82) is 0 Å². The van der Waals surface area contributed by atoms with Crippen LogP contribution < -0.4 is 0 Å². The quantitative estimate of drug-likeness (QED) is 0.431. The minimum absolute atomic E-state index is 0.348. The van der Waals surface area contributed by atoms with Gasteiger partial charge in [0.2, 0.25) is 0 Å². The highest BCUT2D eigenvalue weighted by molar-refractivity contribution is 6.31. The highest BCUT2D eigenvalue weighted by Gasteiger charge is 2.18. The van der Waals surface area contributed by atoms with Gasteiger partial charge in [0.05, 0.1) is 18.9 Å². The number of carbonyl (C=O) groups is 1. The Bertz CT molecular complexity index is 501. The third kappa shape index (κ3) is 6.67. The van der Waals surface area contributed by atoms with Crippen molar-refractivity contribution < 1.29 is 14.3 Å². The van der Waals surface area contributed by atoms with Crippen LogP contribution >= 0.6 is 11.6 Å². The van der Waals surface area contributed by atoms with Crippen LogP contribution in [0.25, 0.3) is 0 Å². The zero-order valence-corrected chi connectivity index (χ0v) is 13.9. The van der Waals surface area contributed by atoms with Crippen LogP contribution in [-0.2, 0) is 15.9 Å². The monoisotopic (exact) mass is 310 g/mol. The van der Waals surface area contributed by atoms with Gasteiger partial charge < -0.3 is 9.47 Å². The molecule has 0 atom stereocenters. The average molecular weight is 311 g/mol. The van der Waals surface area contributed by atoms with Gasteiger partial charge in [-0.2, -0.15) is 0 Å². The number of unbranched alkanes of at least 4 members (excludes halogenated alkanes) is 1. The van der Waals surface area contributed by atoms with Crippen molar-refractivity contribution in [3.05, 3.63) is 46.7 Å². The Morgan fingerprint density at radius 1 is 1.33 bits per heavy atom. The molecule has 1 aromatic carbocycles. The Morgan fingerprint density at radius 2 is 2.05 bits per heavy atom. The van der Waals surface area contributed by atoms with E-state index in [1.54, 1.807) is 25.5 Å². The molecule has 0 heterocycles. The molecule has 0 saturated carbocycles. The Balaban J connectivity index is 2.63. The standard InChI is InChI=1S/C17H23ClO3/c1-17(2,3)21-16(19)14-10-9-13(15(18)12-14)8-6-5-7-11-20-4/h7,9-12H,5-6,8H2,1-4H3. The summed E-state index contributed by atoms with van der Waals surface area (Å²) in [5, 5.41) is 0.606. The molecule has 0 spiro atoms. The fourth-order valence-corrected chi connectivity index (χ4v) is 2.06. The Labute approximate surface area is 131 Å². The van der Waals surface area contributed by atoms with Crippen molar-refractivity contribution in [3.8, 4) is 0 Å². The Kier molecular flexibility index (Phi) is 6.76. The maximum Gasteiger partial charge on any atom is 0.338 e. The first-order valence-corrected chi connectivity index (χ1v) is 7.41. The van der Waals surface area contributed by atoms with E-state index in [1.165, 1.54) is 0 Å². The smallest absolute Gasteiger partial charge is 0.338 e. The maximum absolute atomic E-state index is 12.0. The highest BCUT2D eigenvalue weighted by atomic mass is 35.5. The van der Waals surface area contributed by atoms with Crippen LogP contribution in [0.2, 0.25) is 5.02 Å². The molecule has 116 valence electrons. The number of ether oxygens (including phenoxy) is 2. The minimum atomic E-state index is -0.504. The van der Waals surface area contributed by atoms with Crippen LogP contribution in [0, 0.1) is 0 Å². The van der Waals surface area contributed by atoms with Crippen LogP contribution in [-0.4, -0.2) is 18.7 Å². The van der Waals surface area contributed by atoms with Gasteiger partial charge in [-0.15, -0.1) is 0 Å². The Hall–Kier alpha value is -1.48. The number of carbonyl (C=O) groups excluding carboxylic acids is 1. The van der Waals surface area contributed by atoms with Gasteiger partial charge in [-0.25, -0.2) is 4.79 Å². The van der Waals surface area contributed by atoms with Gasteiger partial charge >= 0.3 is 5.97 Å². The molecule has 0 aliphatic heterocycles. The first-order chi connectivity index (χ1) is 9.83. The zero-order valence-electron chi connectivity index (χ0n) is 13.1. The number of rotatable bonds is 6. The lowest BCUT2D eigenvalue weighted by atomic mass is 10.1. The molecule has 0 aliphatic carbocycles. The van der Waals surface area contributed by atoms with E-state index in [-0.39, 0.29) is 5.97 Å². The van der Waals surface area contributed by atoms with Gasteiger partial charge in [0.1, 0.15) is 5.60 Å². The van der Waals surface area contributed by atoms with E-state index >= 15 is 0 Å². The molecule has 0 amide bonds. The molecule has 0 aliphatic rings. The second-order valence-corrected chi connectivity index (χ2v) is 6.21. The van der Waals surface area contributed by atoms with Gasteiger partial charge in [0.15, 0.2) is 0 Å². The third-order valence-electron chi connectivity index (χ3n) is 2.74. The molecule has 0 bridgehead atoms. The fourth-order valence-electron chi connectivity index (χ4n) is 1.79. The molecule has 3 nitrogen and oxygen atoms in total. The van der Waals surface area contributed by atoms with Crippen molar-refractivity contribution in [1.82, 2.24) is 0 Å². The number of hydrogen-bond acceptors (Lipinski definition) is 3. The summed E-state index contributed by atoms with van der Waals surface area (Å²) in [6.45, 7) is 5.53. The van der Waals surface area contributed by atoms with Crippen molar-refractivity contribution in [3.63, 3.8) is 0 Å².